The van der Waals surface area contributed by atoms with E-state index in [2.05, 4.69) is 30.8 Å². The maximum Gasteiger partial charge on any atom is 0.186 e. The first-order chi connectivity index (χ1) is 14.7. The molecule has 0 amide bonds. The van der Waals surface area contributed by atoms with E-state index in [-0.39, 0.29) is 18.4 Å². The lowest BCUT2D eigenvalue weighted by atomic mass is 9.93. The highest BCUT2D eigenvalue weighted by Gasteiger charge is 2.21. The van der Waals surface area contributed by atoms with E-state index in [0.29, 0.717) is 11.5 Å². The van der Waals surface area contributed by atoms with Gasteiger partial charge in [-0.15, -0.1) is 0 Å². The molecule has 1 aliphatic heterocycles. The van der Waals surface area contributed by atoms with Crippen LogP contribution in [0.2, 0.25) is 0 Å². The molecule has 10 heteroatoms. The first kappa shape index (κ1) is 19.4. The van der Waals surface area contributed by atoms with Crippen molar-refractivity contribution in [3.63, 3.8) is 0 Å². The number of phenols is 1. The molecule has 4 aromatic rings. The minimum absolute atomic E-state index is 0.187. The molecule has 0 saturated carbocycles. The van der Waals surface area contributed by atoms with Crippen molar-refractivity contribution in [2.75, 3.05) is 25.0 Å². The van der Waals surface area contributed by atoms with Gasteiger partial charge < -0.3 is 20.8 Å². The second-order valence-corrected chi connectivity index (χ2v) is 9.43. The lowest BCUT2D eigenvalue weighted by molar-refractivity contribution is 0.195. The molecule has 0 aliphatic carbocycles. The van der Waals surface area contributed by atoms with Crippen molar-refractivity contribution in [2.45, 2.75) is 18.9 Å². The second kappa shape index (κ2) is 8.31. The summed E-state index contributed by atoms with van der Waals surface area (Å²) in [4.78, 5) is 11.1. The smallest absolute Gasteiger partial charge is 0.186 e. The maximum atomic E-state index is 10.5. The topological polar surface area (TPSA) is 119 Å². The van der Waals surface area contributed by atoms with Crippen molar-refractivity contribution in [2.24, 2.45) is 5.92 Å². The molecule has 1 aromatic carbocycles. The van der Waals surface area contributed by atoms with Gasteiger partial charge in [-0.1, -0.05) is 28.7 Å². The predicted molar refractivity (Wildman–Crippen MR) is 120 cm³/mol. The van der Waals surface area contributed by atoms with E-state index in [1.54, 1.807) is 18.5 Å². The number of aromatic amines is 1. The van der Waals surface area contributed by atoms with E-state index in [1.165, 1.54) is 22.7 Å². The Labute approximate surface area is 181 Å². The van der Waals surface area contributed by atoms with Crippen LogP contribution in [-0.4, -0.2) is 56.1 Å². The van der Waals surface area contributed by atoms with Crippen LogP contribution in [0.1, 0.15) is 12.8 Å². The van der Waals surface area contributed by atoms with E-state index in [0.717, 1.165) is 56.9 Å². The SMILES string of the molecule is OC[C@H]1C[C@@H](CNc2nc3sc(-c4ccc(-c5cn[nH]c5)cc4O)nc3s2)CCN1. The summed E-state index contributed by atoms with van der Waals surface area (Å²) in [6.45, 7) is 1.98. The number of aliphatic hydroxyl groups excluding tert-OH is 1. The van der Waals surface area contributed by atoms with Crippen molar-refractivity contribution in [1.82, 2.24) is 25.5 Å². The minimum Gasteiger partial charge on any atom is -0.507 e. The Morgan fingerprint density at radius 2 is 2.07 bits per heavy atom. The summed E-state index contributed by atoms with van der Waals surface area (Å²) in [6.07, 6.45) is 5.58. The summed E-state index contributed by atoms with van der Waals surface area (Å²) < 4.78 is 0. The third-order valence-electron chi connectivity index (χ3n) is 5.40. The molecule has 0 unspecified atom stereocenters. The van der Waals surface area contributed by atoms with Crippen LogP contribution in [0.4, 0.5) is 5.13 Å². The Hall–Kier alpha value is -2.53. The van der Waals surface area contributed by atoms with Crippen molar-refractivity contribution in [1.29, 1.82) is 0 Å². The normalized spacial score (nSPS) is 19.4. The van der Waals surface area contributed by atoms with E-state index in [4.69, 9.17) is 0 Å². The summed E-state index contributed by atoms with van der Waals surface area (Å²) in [7, 11) is 0. The highest BCUT2D eigenvalue weighted by Crippen LogP contribution is 2.39. The van der Waals surface area contributed by atoms with Gasteiger partial charge in [0, 0.05) is 24.3 Å². The molecular weight excluding hydrogens is 420 g/mol. The number of anilines is 1. The molecule has 30 heavy (non-hydrogen) atoms. The van der Waals surface area contributed by atoms with Gasteiger partial charge in [-0.3, -0.25) is 5.10 Å². The summed E-state index contributed by atoms with van der Waals surface area (Å²) in [5.41, 5.74) is 2.53. The number of aliphatic hydroxyl groups is 1. The first-order valence-corrected chi connectivity index (χ1v) is 11.5. The third-order valence-corrected chi connectivity index (χ3v) is 7.42. The lowest BCUT2D eigenvalue weighted by Crippen LogP contribution is -2.42. The Balaban J connectivity index is 1.29. The number of thiazole rings is 2. The molecule has 0 spiro atoms. The van der Waals surface area contributed by atoms with Crippen molar-refractivity contribution in [3.8, 4) is 27.4 Å². The molecule has 0 radical (unpaired) electrons. The average molecular weight is 443 g/mol. The maximum absolute atomic E-state index is 10.5. The number of nitrogens with one attached hydrogen (secondary N) is 3. The largest absolute Gasteiger partial charge is 0.507 e. The van der Waals surface area contributed by atoms with Crippen LogP contribution in [0.25, 0.3) is 31.4 Å². The lowest BCUT2D eigenvalue weighted by Gasteiger charge is -2.29. The number of aromatic hydroxyl groups is 1. The van der Waals surface area contributed by atoms with Gasteiger partial charge in [0.1, 0.15) is 10.8 Å². The van der Waals surface area contributed by atoms with Gasteiger partial charge in [0.05, 0.1) is 18.4 Å². The van der Waals surface area contributed by atoms with Crippen LogP contribution in [0.5, 0.6) is 5.75 Å². The zero-order valence-electron chi connectivity index (χ0n) is 16.1. The molecule has 5 rings (SSSR count). The quantitative estimate of drug-likeness (QED) is 0.311. The zero-order chi connectivity index (χ0) is 20.5. The number of fused-ring (bicyclic) bond motifs is 1. The predicted octanol–water partition coefficient (Wildman–Crippen LogP) is 3.29. The molecule has 156 valence electrons. The monoisotopic (exact) mass is 442 g/mol. The number of rotatable bonds is 6. The number of hydrogen-bond donors (Lipinski definition) is 5. The van der Waals surface area contributed by atoms with E-state index in [1.807, 2.05) is 12.1 Å². The molecule has 3 aromatic heterocycles. The number of H-pyrrole nitrogens is 1. The van der Waals surface area contributed by atoms with Gasteiger partial charge in [-0.05, 0) is 43.0 Å². The zero-order valence-corrected chi connectivity index (χ0v) is 17.8. The van der Waals surface area contributed by atoms with Crippen molar-refractivity contribution < 1.29 is 10.2 Å². The van der Waals surface area contributed by atoms with Gasteiger partial charge in [0.25, 0.3) is 0 Å². The summed E-state index contributed by atoms with van der Waals surface area (Å²) in [6, 6.07) is 5.76. The van der Waals surface area contributed by atoms with Gasteiger partial charge in [-0.2, -0.15) is 5.10 Å². The Morgan fingerprint density at radius 3 is 2.83 bits per heavy atom. The van der Waals surface area contributed by atoms with Crippen molar-refractivity contribution in [3.05, 3.63) is 30.6 Å². The highest BCUT2D eigenvalue weighted by atomic mass is 32.1. The number of hydrogen-bond acceptors (Lipinski definition) is 9. The summed E-state index contributed by atoms with van der Waals surface area (Å²) >= 11 is 3.01. The Morgan fingerprint density at radius 1 is 1.17 bits per heavy atom. The number of piperidine rings is 1. The van der Waals surface area contributed by atoms with Crippen LogP contribution in [0.3, 0.4) is 0 Å². The van der Waals surface area contributed by atoms with Gasteiger partial charge in [0.2, 0.25) is 0 Å². The van der Waals surface area contributed by atoms with Gasteiger partial charge in [0.15, 0.2) is 14.8 Å². The molecule has 1 fully saturated rings. The number of nitrogens with zero attached hydrogens (tertiary/aromatic N) is 3. The third kappa shape index (κ3) is 3.91. The minimum atomic E-state index is 0.187. The van der Waals surface area contributed by atoms with Crippen LogP contribution in [0.15, 0.2) is 30.6 Å². The van der Waals surface area contributed by atoms with Gasteiger partial charge >= 0.3 is 0 Å². The van der Waals surface area contributed by atoms with E-state index < -0.39 is 0 Å². The van der Waals surface area contributed by atoms with Gasteiger partial charge in [-0.25, -0.2) is 9.97 Å². The fraction of sp³-hybridized carbons (Fsp3) is 0.350. The van der Waals surface area contributed by atoms with Crippen LogP contribution in [0, 0.1) is 5.92 Å². The average Bonchev–Trinajstić information content (AvgIpc) is 3.49. The molecule has 1 saturated heterocycles. The Kier molecular flexibility index (Phi) is 5.38. The fourth-order valence-corrected chi connectivity index (χ4v) is 5.77. The van der Waals surface area contributed by atoms with E-state index in [9.17, 15) is 10.2 Å². The molecular formula is C20H22N6O2S2. The first-order valence-electron chi connectivity index (χ1n) is 9.87. The molecule has 2 atom stereocenters. The summed E-state index contributed by atoms with van der Waals surface area (Å²) in [5.74, 6) is 0.720. The van der Waals surface area contributed by atoms with Crippen LogP contribution in [-0.2, 0) is 0 Å². The number of phenolic OH excluding ortho intramolecular Hbond substituents is 1. The summed E-state index contributed by atoms with van der Waals surface area (Å²) in [5, 5.41) is 35.0. The molecule has 8 nitrogen and oxygen atoms in total. The van der Waals surface area contributed by atoms with Crippen LogP contribution < -0.4 is 10.6 Å². The highest BCUT2D eigenvalue weighted by molar-refractivity contribution is 7.29. The number of benzene rings is 1. The molecule has 1 aliphatic rings. The van der Waals surface area contributed by atoms with E-state index >= 15 is 0 Å². The molecule has 5 N–H and O–H groups in total. The Bertz CT molecular complexity index is 1110. The number of aromatic nitrogens is 4. The van der Waals surface area contributed by atoms with Crippen molar-refractivity contribution >= 4 is 37.5 Å². The standard InChI is InChI=1S/C20H22N6O2S2/c27-10-14-5-11(3-4-21-14)7-22-20-26-19-18(30-20)25-17(29-19)15-2-1-12(6-16(15)28)13-8-23-24-9-13/h1-2,6,8-9,11,14,21,27-28H,3-5,7,10H2,(H,22,26)(H,23,24)/t11-,14+/m0/s1. The molecule has 0 bridgehead atoms. The second-order valence-electron chi connectivity index (χ2n) is 7.47. The van der Waals surface area contributed by atoms with Crippen LogP contribution >= 0.6 is 22.7 Å². The fourth-order valence-electron chi connectivity index (χ4n) is 3.78. The molecule has 4 heterocycles.